The van der Waals surface area contributed by atoms with E-state index >= 15 is 0 Å². The van der Waals surface area contributed by atoms with Crippen molar-refractivity contribution < 1.29 is 19.6 Å². The maximum Gasteiger partial charge on any atom is 0.345 e. The van der Waals surface area contributed by atoms with Crippen LogP contribution in [0.5, 0.6) is 0 Å². The Morgan fingerprint density at radius 1 is 1.20 bits per heavy atom. The van der Waals surface area contributed by atoms with E-state index in [9.17, 15) is 4.79 Å². The van der Waals surface area contributed by atoms with E-state index in [2.05, 4.69) is 9.93 Å². The summed E-state index contributed by atoms with van der Waals surface area (Å²) >= 11 is 0. The SMILES string of the molecule is CC(C)CC(=O)OOOC(C)(C)C(C)C. The molecule has 0 heterocycles. The van der Waals surface area contributed by atoms with Crippen molar-refractivity contribution >= 4 is 5.97 Å². The van der Waals surface area contributed by atoms with Gasteiger partial charge < -0.3 is 0 Å². The Bertz CT molecular complexity index is 197. The zero-order valence-electron chi connectivity index (χ0n) is 10.5. The maximum atomic E-state index is 11.1. The maximum absolute atomic E-state index is 11.1. The Balaban J connectivity index is 3.75. The average Bonchev–Trinajstić information content (AvgIpc) is 2.01. The van der Waals surface area contributed by atoms with E-state index in [1.165, 1.54) is 0 Å². The molecular formula is C11H22O4. The zero-order valence-corrected chi connectivity index (χ0v) is 10.5. The monoisotopic (exact) mass is 218 g/mol. The molecule has 0 aliphatic rings. The van der Waals surface area contributed by atoms with Gasteiger partial charge in [0.05, 0.1) is 6.42 Å². The molecule has 4 heteroatoms. The predicted molar refractivity (Wildman–Crippen MR) is 56.6 cm³/mol. The molecule has 0 atom stereocenters. The molecule has 0 amide bonds. The van der Waals surface area contributed by atoms with Gasteiger partial charge >= 0.3 is 5.97 Å². The van der Waals surface area contributed by atoms with Crippen LogP contribution in [0.4, 0.5) is 0 Å². The first kappa shape index (κ1) is 14.4. The third-order valence-electron chi connectivity index (χ3n) is 2.34. The molecule has 0 spiro atoms. The molecule has 0 aliphatic carbocycles. The van der Waals surface area contributed by atoms with Gasteiger partial charge in [-0.2, -0.15) is 4.89 Å². The van der Waals surface area contributed by atoms with E-state index in [-0.39, 0.29) is 11.8 Å². The quantitative estimate of drug-likeness (QED) is 0.508. The molecule has 0 bridgehead atoms. The van der Waals surface area contributed by atoms with E-state index in [1.54, 1.807) is 0 Å². The van der Waals surface area contributed by atoms with Gasteiger partial charge in [0, 0.05) is 0 Å². The fourth-order valence-electron chi connectivity index (χ4n) is 0.606. The molecule has 0 saturated heterocycles. The highest BCUT2D eigenvalue weighted by Crippen LogP contribution is 2.20. The summed E-state index contributed by atoms with van der Waals surface area (Å²) in [6.07, 6.45) is 0.325. The highest BCUT2D eigenvalue weighted by molar-refractivity contribution is 5.68. The second kappa shape index (κ2) is 6.08. The van der Waals surface area contributed by atoms with E-state index < -0.39 is 11.6 Å². The Hall–Kier alpha value is -0.610. The minimum atomic E-state index is -0.474. The first-order valence-corrected chi connectivity index (χ1v) is 5.31. The molecule has 0 radical (unpaired) electrons. The Morgan fingerprint density at radius 3 is 2.13 bits per heavy atom. The largest absolute Gasteiger partial charge is 0.345 e. The molecule has 0 saturated carbocycles. The molecule has 90 valence electrons. The van der Waals surface area contributed by atoms with Crippen LogP contribution in [0.25, 0.3) is 0 Å². The lowest BCUT2D eigenvalue weighted by Crippen LogP contribution is -2.31. The van der Waals surface area contributed by atoms with Gasteiger partial charge in [0.25, 0.3) is 0 Å². The van der Waals surface area contributed by atoms with Crippen LogP contribution in [0.3, 0.4) is 0 Å². The molecule has 0 fully saturated rings. The number of hydrogen-bond acceptors (Lipinski definition) is 4. The number of carbonyl (C=O) groups is 1. The van der Waals surface area contributed by atoms with Crippen LogP contribution < -0.4 is 0 Å². The van der Waals surface area contributed by atoms with Crippen molar-refractivity contribution in [2.75, 3.05) is 0 Å². The van der Waals surface area contributed by atoms with Crippen molar-refractivity contribution in [2.24, 2.45) is 11.8 Å². The van der Waals surface area contributed by atoms with Gasteiger partial charge in [0.15, 0.2) is 0 Å². The van der Waals surface area contributed by atoms with Gasteiger partial charge in [0.2, 0.25) is 0 Å². The molecule has 0 aromatic rings. The molecule has 0 aliphatic heterocycles. The summed E-state index contributed by atoms with van der Waals surface area (Å²) in [6.45, 7) is 11.6. The molecular weight excluding hydrogens is 196 g/mol. The van der Waals surface area contributed by atoms with Crippen LogP contribution in [-0.2, 0) is 19.6 Å². The van der Waals surface area contributed by atoms with Crippen molar-refractivity contribution in [3.05, 3.63) is 0 Å². The van der Waals surface area contributed by atoms with Gasteiger partial charge in [0.1, 0.15) is 5.60 Å². The van der Waals surface area contributed by atoms with Crippen molar-refractivity contribution in [2.45, 2.75) is 53.6 Å². The summed E-state index contributed by atoms with van der Waals surface area (Å²) in [5, 5.41) is 4.47. The van der Waals surface area contributed by atoms with E-state index in [0.29, 0.717) is 6.42 Å². The van der Waals surface area contributed by atoms with Crippen LogP contribution in [0.2, 0.25) is 0 Å². The van der Waals surface area contributed by atoms with Crippen LogP contribution in [0, 0.1) is 11.8 Å². The highest BCUT2D eigenvalue weighted by Gasteiger charge is 2.25. The molecule has 15 heavy (non-hydrogen) atoms. The Morgan fingerprint density at radius 2 is 1.73 bits per heavy atom. The van der Waals surface area contributed by atoms with E-state index in [1.807, 2.05) is 41.5 Å². The van der Waals surface area contributed by atoms with Crippen molar-refractivity contribution in [1.82, 2.24) is 0 Å². The molecule has 4 nitrogen and oxygen atoms in total. The van der Waals surface area contributed by atoms with Gasteiger partial charge in [-0.1, -0.05) is 27.7 Å². The second-order valence-electron chi connectivity index (χ2n) is 4.96. The first-order chi connectivity index (χ1) is 6.75. The van der Waals surface area contributed by atoms with Crippen LogP contribution in [-0.4, -0.2) is 11.6 Å². The summed E-state index contributed by atoms with van der Waals surface area (Å²) in [4.78, 5) is 20.6. The van der Waals surface area contributed by atoms with Crippen LogP contribution in [0.15, 0.2) is 0 Å². The smallest absolute Gasteiger partial charge is 0.269 e. The fourth-order valence-corrected chi connectivity index (χ4v) is 0.606. The van der Waals surface area contributed by atoms with Gasteiger partial charge in [-0.15, -0.1) is 0 Å². The number of hydrogen-bond donors (Lipinski definition) is 0. The van der Waals surface area contributed by atoms with E-state index in [0.717, 1.165) is 0 Å². The Labute approximate surface area is 91.7 Å². The van der Waals surface area contributed by atoms with Crippen molar-refractivity contribution in [1.29, 1.82) is 0 Å². The van der Waals surface area contributed by atoms with Crippen molar-refractivity contribution in [3.63, 3.8) is 0 Å². The lowest BCUT2D eigenvalue weighted by Gasteiger charge is -2.25. The van der Waals surface area contributed by atoms with Gasteiger partial charge in [-0.3, -0.25) is 4.89 Å². The molecule has 0 unspecified atom stereocenters. The topological polar surface area (TPSA) is 44.8 Å². The number of rotatable bonds is 6. The van der Waals surface area contributed by atoms with Crippen LogP contribution >= 0.6 is 0 Å². The van der Waals surface area contributed by atoms with Gasteiger partial charge in [-0.05, 0) is 30.7 Å². The Kier molecular flexibility index (Phi) is 5.83. The van der Waals surface area contributed by atoms with Crippen LogP contribution in [0.1, 0.15) is 48.0 Å². The summed E-state index contributed by atoms with van der Waals surface area (Å²) in [5.41, 5.74) is -0.474. The lowest BCUT2D eigenvalue weighted by molar-refractivity contribution is -0.521. The summed E-state index contributed by atoms with van der Waals surface area (Å²) in [5.74, 6) is 0.102. The number of carbonyl (C=O) groups excluding carboxylic acids is 1. The standard InChI is InChI=1S/C11H22O4/c1-8(2)7-10(12)13-15-14-11(5,6)9(3)4/h8-9H,7H2,1-6H3. The summed E-state index contributed by atoms with van der Waals surface area (Å²) in [6, 6.07) is 0. The fraction of sp³-hybridized carbons (Fsp3) is 0.909. The third kappa shape index (κ3) is 6.47. The molecule has 0 N–H and O–H groups in total. The molecule has 0 aromatic carbocycles. The lowest BCUT2D eigenvalue weighted by atomic mass is 9.95. The van der Waals surface area contributed by atoms with Gasteiger partial charge in [-0.25, -0.2) is 4.79 Å². The second-order valence-corrected chi connectivity index (χ2v) is 4.96. The highest BCUT2D eigenvalue weighted by atomic mass is 17.5. The minimum Gasteiger partial charge on any atom is -0.269 e. The normalized spacial score (nSPS) is 12.3. The minimum absolute atomic E-state index is 0.249. The summed E-state index contributed by atoms with van der Waals surface area (Å²) < 4.78 is 0. The summed E-state index contributed by atoms with van der Waals surface area (Å²) in [7, 11) is 0. The average molecular weight is 218 g/mol. The zero-order chi connectivity index (χ0) is 12.1. The first-order valence-electron chi connectivity index (χ1n) is 5.31. The third-order valence-corrected chi connectivity index (χ3v) is 2.34. The molecule has 0 aromatic heterocycles. The predicted octanol–water partition coefficient (Wildman–Crippen LogP) is 2.87. The molecule has 0 rings (SSSR count). The van der Waals surface area contributed by atoms with E-state index in [4.69, 9.17) is 4.89 Å². The van der Waals surface area contributed by atoms with Crippen molar-refractivity contribution in [3.8, 4) is 0 Å².